The van der Waals surface area contributed by atoms with Gasteiger partial charge in [0.15, 0.2) is 5.78 Å². The lowest BCUT2D eigenvalue weighted by Gasteiger charge is -2.39. The fourth-order valence-electron chi connectivity index (χ4n) is 3.45. The van der Waals surface area contributed by atoms with Gasteiger partial charge in [0.25, 0.3) is 0 Å². The Morgan fingerprint density at radius 1 is 1.26 bits per heavy atom. The molecule has 0 aromatic carbocycles. The molecule has 3 rings (SSSR count). The summed E-state index contributed by atoms with van der Waals surface area (Å²) in [6.45, 7) is 6.05. The summed E-state index contributed by atoms with van der Waals surface area (Å²) in [4.78, 5) is 31.0. The van der Waals surface area contributed by atoms with Crippen LogP contribution in [0.15, 0.2) is 17.7 Å². The summed E-state index contributed by atoms with van der Waals surface area (Å²) in [6.07, 6.45) is 9.57. The Hall–Kier alpha value is -1.89. The number of nitrogens with one attached hydrogen (secondary N) is 1. The number of carbonyl (C=O) groups excluding carboxylic acids is 2. The van der Waals surface area contributed by atoms with E-state index in [2.05, 4.69) is 10.3 Å². The molecule has 7 heteroatoms. The average molecular weight is 392 g/mol. The zero-order valence-electron chi connectivity index (χ0n) is 16.4. The van der Waals surface area contributed by atoms with Crippen LogP contribution in [0, 0.1) is 0 Å². The van der Waals surface area contributed by atoms with Crippen molar-refractivity contribution in [2.75, 3.05) is 6.54 Å². The van der Waals surface area contributed by atoms with Gasteiger partial charge in [0.05, 0.1) is 11.7 Å². The molecular formula is C20H29N3O3S. The van der Waals surface area contributed by atoms with E-state index in [1.807, 2.05) is 26.2 Å². The quantitative estimate of drug-likeness (QED) is 0.769. The van der Waals surface area contributed by atoms with Crippen molar-refractivity contribution in [3.8, 4) is 0 Å². The summed E-state index contributed by atoms with van der Waals surface area (Å²) in [5.74, 6) is -0.0689. The van der Waals surface area contributed by atoms with Crippen LogP contribution in [0.1, 0.15) is 64.3 Å². The molecule has 1 N–H and O–H groups in total. The van der Waals surface area contributed by atoms with Crippen molar-refractivity contribution in [2.24, 2.45) is 0 Å². The molecule has 1 saturated carbocycles. The zero-order chi connectivity index (χ0) is 19.4. The molecular weight excluding hydrogens is 362 g/mol. The number of carbonyl (C=O) groups is 2. The van der Waals surface area contributed by atoms with Crippen molar-refractivity contribution >= 4 is 28.9 Å². The number of ketones is 1. The maximum Gasteiger partial charge on any atom is 0.410 e. The van der Waals surface area contributed by atoms with Crippen LogP contribution in [0.2, 0.25) is 0 Å². The molecule has 2 fully saturated rings. The molecule has 2 heterocycles. The van der Waals surface area contributed by atoms with Crippen LogP contribution in [0.3, 0.4) is 0 Å². The molecule has 148 valence electrons. The van der Waals surface area contributed by atoms with Gasteiger partial charge in [-0.1, -0.05) is 19.3 Å². The summed E-state index contributed by atoms with van der Waals surface area (Å²) in [5, 5.41) is 6.25. The van der Waals surface area contributed by atoms with Gasteiger partial charge in [-0.25, -0.2) is 9.78 Å². The molecule has 0 bridgehead atoms. The minimum atomic E-state index is -0.565. The van der Waals surface area contributed by atoms with Crippen LogP contribution in [0.4, 0.5) is 4.79 Å². The second kappa shape index (κ2) is 8.42. The second-order valence-electron chi connectivity index (χ2n) is 8.26. The highest BCUT2D eigenvalue weighted by atomic mass is 32.1. The Bertz CT molecular complexity index is 688. The number of hydrogen-bond acceptors (Lipinski definition) is 6. The minimum absolute atomic E-state index is 0.0689. The van der Waals surface area contributed by atoms with Gasteiger partial charge in [0, 0.05) is 30.2 Å². The van der Waals surface area contributed by atoms with E-state index < -0.39 is 17.7 Å². The Balaban J connectivity index is 1.70. The first-order chi connectivity index (χ1) is 12.8. The zero-order valence-corrected chi connectivity index (χ0v) is 17.2. The summed E-state index contributed by atoms with van der Waals surface area (Å²) >= 11 is 1.51. The lowest BCUT2D eigenvalue weighted by Crippen LogP contribution is -2.56. The van der Waals surface area contributed by atoms with E-state index in [1.54, 1.807) is 12.3 Å². The Kier molecular flexibility index (Phi) is 6.19. The Morgan fingerprint density at radius 3 is 2.56 bits per heavy atom. The van der Waals surface area contributed by atoms with E-state index in [4.69, 9.17) is 4.74 Å². The summed E-state index contributed by atoms with van der Waals surface area (Å²) in [6, 6.07) is -0.0620. The van der Waals surface area contributed by atoms with E-state index in [9.17, 15) is 9.59 Å². The first-order valence-electron chi connectivity index (χ1n) is 9.75. The predicted octanol–water partition coefficient (Wildman–Crippen LogP) is 3.98. The number of amides is 1. The van der Waals surface area contributed by atoms with Crippen LogP contribution in [0.25, 0.3) is 5.70 Å². The largest absolute Gasteiger partial charge is 0.444 e. The summed E-state index contributed by atoms with van der Waals surface area (Å²) in [7, 11) is 0. The first-order valence-corrected chi connectivity index (χ1v) is 10.6. The highest BCUT2D eigenvalue weighted by Crippen LogP contribution is 2.25. The maximum atomic E-state index is 12.9. The SMILES string of the molecule is CC(C)(C)OC(=O)N1CC[C@H]1C(=O)C=C(NC1CCCCC1)c1nccs1. The van der Waals surface area contributed by atoms with E-state index in [0.717, 1.165) is 23.5 Å². The Labute approximate surface area is 165 Å². The molecule has 1 aromatic rings. The highest BCUT2D eigenvalue weighted by Gasteiger charge is 2.39. The van der Waals surface area contributed by atoms with Gasteiger partial charge >= 0.3 is 6.09 Å². The van der Waals surface area contributed by atoms with Crippen molar-refractivity contribution in [3.05, 3.63) is 22.7 Å². The van der Waals surface area contributed by atoms with E-state index in [0.29, 0.717) is 19.0 Å². The van der Waals surface area contributed by atoms with Crippen molar-refractivity contribution in [3.63, 3.8) is 0 Å². The van der Waals surface area contributed by atoms with Crippen molar-refractivity contribution in [2.45, 2.75) is 77.0 Å². The molecule has 1 aliphatic heterocycles. The summed E-state index contributed by atoms with van der Waals surface area (Å²) in [5.41, 5.74) is 0.211. The minimum Gasteiger partial charge on any atom is -0.444 e. The number of hydrogen-bond donors (Lipinski definition) is 1. The maximum absolute atomic E-state index is 12.9. The second-order valence-corrected chi connectivity index (χ2v) is 9.15. The fraction of sp³-hybridized carbons (Fsp3) is 0.650. The lowest BCUT2D eigenvalue weighted by molar-refractivity contribution is -0.123. The molecule has 27 heavy (non-hydrogen) atoms. The van der Waals surface area contributed by atoms with Gasteiger partial charge < -0.3 is 10.1 Å². The topological polar surface area (TPSA) is 71.5 Å². The number of likely N-dealkylation sites (tertiary alicyclic amines) is 1. The van der Waals surface area contributed by atoms with E-state index >= 15 is 0 Å². The average Bonchev–Trinajstić information content (AvgIpc) is 3.06. The lowest BCUT2D eigenvalue weighted by atomic mass is 9.95. The number of aromatic nitrogens is 1. The molecule has 1 atom stereocenters. The normalized spacial score (nSPS) is 21.5. The van der Waals surface area contributed by atoms with Crippen LogP contribution in [-0.4, -0.2) is 46.0 Å². The van der Waals surface area contributed by atoms with E-state index in [-0.39, 0.29) is 5.78 Å². The van der Waals surface area contributed by atoms with E-state index in [1.165, 1.54) is 35.5 Å². The third-order valence-electron chi connectivity index (χ3n) is 4.89. The van der Waals surface area contributed by atoms with Crippen molar-refractivity contribution in [1.82, 2.24) is 15.2 Å². The third kappa shape index (κ3) is 5.31. The number of thiazole rings is 1. The molecule has 0 radical (unpaired) electrons. The van der Waals surface area contributed by atoms with Gasteiger partial charge in [-0.15, -0.1) is 11.3 Å². The molecule has 2 aliphatic rings. The fourth-order valence-corrected chi connectivity index (χ4v) is 4.07. The predicted molar refractivity (Wildman–Crippen MR) is 106 cm³/mol. The molecule has 1 saturated heterocycles. The van der Waals surface area contributed by atoms with Crippen molar-refractivity contribution < 1.29 is 14.3 Å². The van der Waals surface area contributed by atoms with Gasteiger partial charge in [0.2, 0.25) is 0 Å². The third-order valence-corrected chi connectivity index (χ3v) is 5.70. The number of rotatable bonds is 5. The molecule has 1 aromatic heterocycles. The van der Waals surface area contributed by atoms with Crippen molar-refractivity contribution in [1.29, 1.82) is 0 Å². The summed E-state index contributed by atoms with van der Waals surface area (Å²) < 4.78 is 5.41. The monoisotopic (exact) mass is 391 g/mol. The van der Waals surface area contributed by atoms with Crippen LogP contribution >= 0.6 is 11.3 Å². The van der Waals surface area contributed by atoms with Crippen LogP contribution in [0.5, 0.6) is 0 Å². The molecule has 1 amide bonds. The Morgan fingerprint density at radius 2 is 2.00 bits per heavy atom. The molecule has 0 spiro atoms. The van der Waals surface area contributed by atoms with Gasteiger partial charge in [0.1, 0.15) is 10.6 Å². The van der Waals surface area contributed by atoms with Crippen LogP contribution < -0.4 is 5.32 Å². The first kappa shape index (κ1) is 19.9. The van der Waals surface area contributed by atoms with Gasteiger partial charge in [-0.3, -0.25) is 9.69 Å². The number of nitrogens with zero attached hydrogens (tertiary/aromatic N) is 2. The van der Waals surface area contributed by atoms with Gasteiger partial charge in [-0.05, 0) is 40.0 Å². The number of ether oxygens (including phenoxy) is 1. The van der Waals surface area contributed by atoms with Crippen LogP contribution in [-0.2, 0) is 9.53 Å². The molecule has 0 unspecified atom stereocenters. The standard InChI is InChI=1S/C20H29N3O3S/c1-20(2,3)26-19(25)23-11-9-16(23)17(24)13-15(18-21-10-12-27-18)22-14-7-5-4-6-8-14/h10,12-14,16,22H,4-9,11H2,1-3H3/t16-/m0/s1. The molecule has 6 nitrogen and oxygen atoms in total. The smallest absolute Gasteiger partial charge is 0.410 e. The highest BCUT2D eigenvalue weighted by molar-refractivity contribution is 7.10. The van der Waals surface area contributed by atoms with Gasteiger partial charge in [-0.2, -0.15) is 0 Å². The molecule has 1 aliphatic carbocycles.